The van der Waals surface area contributed by atoms with Crippen molar-refractivity contribution in [1.82, 2.24) is 15.1 Å². The molecule has 0 amide bonds. The molecule has 0 saturated carbocycles. The minimum atomic E-state index is 0.111. The van der Waals surface area contributed by atoms with Crippen LogP contribution in [0.15, 0.2) is 17.6 Å². The molecule has 0 aliphatic rings. The minimum absolute atomic E-state index is 0.111. The van der Waals surface area contributed by atoms with E-state index in [4.69, 9.17) is 4.74 Å². The topological polar surface area (TPSA) is 39.1 Å². The van der Waals surface area contributed by atoms with Crippen LogP contribution in [0.25, 0.3) is 0 Å². The van der Waals surface area contributed by atoms with Gasteiger partial charge in [0.25, 0.3) is 0 Å². The first kappa shape index (κ1) is 15.8. The molecule has 2 heterocycles. The predicted molar refractivity (Wildman–Crippen MR) is 91.7 cm³/mol. The number of nitrogens with zero attached hydrogens (tertiary/aromatic N) is 2. The molecule has 0 spiro atoms. The molecule has 0 bridgehead atoms. The molecule has 0 saturated heterocycles. The van der Waals surface area contributed by atoms with Crippen LogP contribution in [0, 0.1) is 2.88 Å². The fourth-order valence-electron chi connectivity index (χ4n) is 2.25. The number of ether oxygens (including phenoxy) is 1. The standard InChI is InChI=1S/C14H20IN3OS/c1-5-16-13(10-6-12(15)20-8-10)14-11(19-4)7-17-18(14)9(2)3/h6-9,13,16H,5H2,1-4H3. The summed E-state index contributed by atoms with van der Waals surface area (Å²) in [6.07, 6.45) is 1.80. The number of nitrogens with one attached hydrogen (secondary N) is 1. The summed E-state index contributed by atoms with van der Waals surface area (Å²) >= 11 is 4.12. The van der Waals surface area contributed by atoms with Gasteiger partial charge >= 0.3 is 0 Å². The van der Waals surface area contributed by atoms with Crippen LogP contribution in [0.5, 0.6) is 5.75 Å². The van der Waals surface area contributed by atoms with Crippen LogP contribution in [0.1, 0.15) is 44.1 Å². The van der Waals surface area contributed by atoms with Crippen LogP contribution >= 0.6 is 33.9 Å². The van der Waals surface area contributed by atoms with E-state index in [1.54, 1.807) is 24.6 Å². The molecule has 6 heteroatoms. The van der Waals surface area contributed by atoms with Crippen molar-refractivity contribution in [2.75, 3.05) is 13.7 Å². The Balaban J connectivity index is 2.50. The normalized spacial score (nSPS) is 12.9. The fourth-order valence-corrected chi connectivity index (χ4v) is 3.65. The number of aromatic nitrogens is 2. The Morgan fingerprint density at radius 1 is 1.50 bits per heavy atom. The van der Waals surface area contributed by atoms with Crippen molar-refractivity contribution in [3.8, 4) is 5.75 Å². The number of methoxy groups -OCH3 is 1. The van der Waals surface area contributed by atoms with Crippen LogP contribution in [-0.4, -0.2) is 23.4 Å². The average molecular weight is 405 g/mol. The van der Waals surface area contributed by atoms with E-state index in [-0.39, 0.29) is 6.04 Å². The molecule has 20 heavy (non-hydrogen) atoms. The maximum Gasteiger partial charge on any atom is 0.161 e. The summed E-state index contributed by atoms with van der Waals surface area (Å²) in [7, 11) is 1.70. The van der Waals surface area contributed by atoms with Crippen molar-refractivity contribution < 1.29 is 4.74 Å². The van der Waals surface area contributed by atoms with Crippen molar-refractivity contribution >= 4 is 33.9 Å². The lowest BCUT2D eigenvalue weighted by atomic mass is 10.1. The van der Waals surface area contributed by atoms with Gasteiger partial charge in [-0.3, -0.25) is 4.68 Å². The van der Waals surface area contributed by atoms with Gasteiger partial charge in [-0.25, -0.2) is 0 Å². The van der Waals surface area contributed by atoms with E-state index in [0.29, 0.717) is 6.04 Å². The van der Waals surface area contributed by atoms with E-state index in [1.165, 1.54) is 8.45 Å². The van der Waals surface area contributed by atoms with Gasteiger partial charge in [0.15, 0.2) is 5.75 Å². The molecule has 0 radical (unpaired) electrons. The lowest BCUT2D eigenvalue weighted by molar-refractivity contribution is 0.394. The Hall–Kier alpha value is -0.600. The predicted octanol–water partition coefficient (Wildman–Crippen LogP) is 3.84. The van der Waals surface area contributed by atoms with Gasteiger partial charge in [0.2, 0.25) is 0 Å². The second-order valence-electron chi connectivity index (χ2n) is 4.81. The molecular weight excluding hydrogens is 385 g/mol. The summed E-state index contributed by atoms with van der Waals surface area (Å²) in [5, 5.41) is 10.2. The molecule has 0 aliphatic carbocycles. The molecule has 0 fully saturated rings. The average Bonchev–Trinajstić information content (AvgIpc) is 3.01. The second kappa shape index (κ2) is 6.91. The SMILES string of the molecule is CCNC(c1csc(I)c1)c1c(OC)cnn1C(C)C. The molecule has 0 aliphatic heterocycles. The Bertz CT molecular complexity index is 565. The molecule has 4 nitrogen and oxygen atoms in total. The second-order valence-corrected chi connectivity index (χ2v) is 7.62. The Kier molecular flexibility index (Phi) is 5.45. The molecule has 1 atom stereocenters. The van der Waals surface area contributed by atoms with Crippen LogP contribution in [0.4, 0.5) is 0 Å². The lowest BCUT2D eigenvalue weighted by Gasteiger charge is -2.21. The van der Waals surface area contributed by atoms with Crippen LogP contribution in [0.3, 0.4) is 0 Å². The summed E-state index contributed by atoms with van der Waals surface area (Å²) in [5.74, 6) is 0.839. The Morgan fingerprint density at radius 2 is 2.25 bits per heavy atom. The highest BCUT2D eigenvalue weighted by Gasteiger charge is 2.24. The molecular formula is C14H20IN3OS. The van der Waals surface area contributed by atoms with E-state index in [2.05, 4.69) is 65.2 Å². The first-order valence-corrected chi connectivity index (χ1v) is 8.63. The lowest BCUT2D eigenvalue weighted by Crippen LogP contribution is -2.25. The fraction of sp³-hybridized carbons (Fsp3) is 0.500. The highest BCUT2D eigenvalue weighted by molar-refractivity contribution is 14.1. The summed E-state index contributed by atoms with van der Waals surface area (Å²) in [6.45, 7) is 7.28. The summed E-state index contributed by atoms with van der Waals surface area (Å²) in [4.78, 5) is 0. The number of halogens is 1. The van der Waals surface area contributed by atoms with E-state index in [1.807, 2.05) is 4.68 Å². The summed E-state index contributed by atoms with van der Waals surface area (Å²) in [5.41, 5.74) is 2.36. The van der Waals surface area contributed by atoms with E-state index >= 15 is 0 Å². The quantitative estimate of drug-likeness (QED) is 0.743. The third kappa shape index (κ3) is 3.17. The van der Waals surface area contributed by atoms with Gasteiger partial charge in [0.05, 0.1) is 22.2 Å². The number of hydrogen-bond acceptors (Lipinski definition) is 4. The van der Waals surface area contributed by atoms with Crippen molar-refractivity contribution in [2.24, 2.45) is 0 Å². The van der Waals surface area contributed by atoms with E-state index in [9.17, 15) is 0 Å². The third-order valence-electron chi connectivity index (χ3n) is 3.11. The van der Waals surface area contributed by atoms with Gasteiger partial charge in [0, 0.05) is 6.04 Å². The molecule has 1 unspecified atom stereocenters. The zero-order chi connectivity index (χ0) is 14.7. The zero-order valence-corrected chi connectivity index (χ0v) is 15.2. The summed E-state index contributed by atoms with van der Waals surface area (Å²) in [6, 6.07) is 2.63. The van der Waals surface area contributed by atoms with Gasteiger partial charge in [-0.2, -0.15) is 5.10 Å². The highest BCUT2D eigenvalue weighted by Crippen LogP contribution is 2.34. The first-order valence-electron chi connectivity index (χ1n) is 6.67. The van der Waals surface area contributed by atoms with E-state index in [0.717, 1.165) is 18.0 Å². The van der Waals surface area contributed by atoms with Gasteiger partial charge in [0.1, 0.15) is 5.69 Å². The zero-order valence-electron chi connectivity index (χ0n) is 12.2. The minimum Gasteiger partial charge on any atom is -0.493 e. The Labute approximate surface area is 137 Å². The smallest absolute Gasteiger partial charge is 0.161 e. The number of hydrogen-bond donors (Lipinski definition) is 1. The maximum absolute atomic E-state index is 5.51. The van der Waals surface area contributed by atoms with E-state index < -0.39 is 0 Å². The first-order chi connectivity index (χ1) is 9.58. The summed E-state index contributed by atoms with van der Waals surface area (Å²) < 4.78 is 8.84. The number of thiophene rings is 1. The third-order valence-corrected chi connectivity index (χ3v) is 4.92. The Morgan fingerprint density at radius 3 is 2.75 bits per heavy atom. The van der Waals surface area contributed by atoms with Crippen LogP contribution in [0.2, 0.25) is 0 Å². The van der Waals surface area contributed by atoms with Crippen molar-refractivity contribution in [3.05, 3.63) is 31.8 Å². The van der Waals surface area contributed by atoms with Crippen LogP contribution < -0.4 is 10.1 Å². The van der Waals surface area contributed by atoms with Crippen molar-refractivity contribution in [3.63, 3.8) is 0 Å². The largest absolute Gasteiger partial charge is 0.493 e. The van der Waals surface area contributed by atoms with Crippen molar-refractivity contribution in [2.45, 2.75) is 32.9 Å². The molecule has 110 valence electrons. The van der Waals surface area contributed by atoms with Crippen LogP contribution in [-0.2, 0) is 0 Å². The van der Waals surface area contributed by atoms with Crippen molar-refractivity contribution in [1.29, 1.82) is 0 Å². The molecule has 0 aromatic carbocycles. The molecule has 2 rings (SSSR count). The molecule has 2 aromatic rings. The van der Waals surface area contributed by atoms with Gasteiger partial charge < -0.3 is 10.1 Å². The maximum atomic E-state index is 5.51. The van der Waals surface area contributed by atoms with Gasteiger partial charge in [-0.15, -0.1) is 11.3 Å². The van der Waals surface area contributed by atoms with Gasteiger partial charge in [-0.1, -0.05) is 6.92 Å². The highest BCUT2D eigenvalue weighted by atomic mass is 127. The monoisotopic (exact) mass is 405 g/mol. The molecule has 2 aromatic heterocycles. The molecule has 1 N–H and O–H groups in total. The van der Waals surface area contributed by atoms with Gasteiger partial charge in [-0.05, 0) is 60.0 Å². The number of rotatable bonds is 6.